The van der Waals surface area contributed by atoms with Crippen molar-refractivity contribution in [3.63, 3.8) is 0 Å². The Morgan fingerprint density at radius 3 is 2.54 bits per heavy atom. The molecule has 134 valence electrons. The number of para-hydroxylation sites is 1. The van der Waals surface area contributed by atoms with Gasteiger partial charge in [-0.15, -0.1) is 24.0 Å². The van der Waals surface area contributed by atoms with E-state index in [0.29, 0.717) is 6.42 Å². The highest BCUT2D eigenvalue weighted by Crippen LogP contribution is 2.13. The van der Waals surface area contributed by atoms with Crippen LogP contribution in [-0.2, 0) is 9.53 Å². The van der Waals surface area contributed by atoms with Gasteiger partial charge in [0.25, 0.3) is 0 Å². The lowest BCUT2D eigenvalue weighted by Gasteiger charge is -2.30. The first-order chi connectivity index (χ1) is 11.3. The molecule has 0 atom stereocenters. The number of methoxy groups -OCH3 is 1. The number of aliphatic imine (C=N–C) groups is 1. The van der Waals surface area contributed by atoms with Crippen molar-refractivity contribution in [1.82, 2.24) is 4.90 Å². The molecule has 0 unspecified atom stereocenters. The number of nitrogens with zero attached hydrogens (tertiary/aromatic N) is 2. The largest absolute Gasteiger partial charge is 0.469 e. The maximum Gasteiger partial charge on any atom is 0.305 e. The van der Waals surface area contributed by atoms with E-state index in [9.17, 15) is 4.79 Å². The quantitative estimate of drug-likeness (QED) is 0.237. The number of ether oxygens (including phenoxy) is 1. The first kappa shape index (κ1) is 20.7. The van der Waals surface area contributed by atoms with Crippen LogP contribution in [0.1, 0.15) is 38.5 Å². The Hall–Kier alpha value is -1.31. The standard InChI is InChI=1S/C18H27N3O2.HI/c1-23-17(22)12-6-7-13-19-18(21-14-8-3-9-15-21)20-16-10-4-2-5-11-16;/h2,4-5,10-11H,3,6-9,12-15H2,1H3,(H,19,20);1H. The van der Waals surface area contributed by atoms with Crippen molar-refractivity contribution in [2.75, 3.05) is 32.1 Å². The van der Waals surface area contributed by atoms with Gasteiger partial charge in [0.1, 0.15) is 0 Å². The Kier molecular flexibility index (Phi) is 10.5. The zero-order valence-corrected chi connectivity index (χ0v) is 16.7. The Morgan fingerprint density at radius 1 is 1.17 bits per heavy atom. The third kappa shape index (κ3) is 7.51. The van der Waals surface area contributed by atoms with Crippen molar-refractivity contribution in [3.05, 3.63) is 30.3 Å². The van der Waals surface area contributed by atoms with Gasteiger partial charge in [-0.3, -0.25) is 9.79 Å². The molecule has 1 saturated heterocycles. The molecule has 1 aliphatic rings. The third-order valence-electron chi connectivity index (χ3n) is 3.96. The minimum atomic E-state index is -0.146. The lowest BCUT2D eigenvalue weighted by molar-refractivity contribution is -0.140. The normalized spacial score (nSPS) is 14.7. The molecule has 0 radical (unpaired) electrons. The molecule has 5 nitrogen and oxygen atoms in total. The van der Waals surface area contributed by atoms with Crippen molar-refractivity contribution < 1.29 is 9.53 Å². The van der Waals surface area contributed by atoms with Crippen LogP contribution in [0.15, 0.2) is 35.3 Å². The second kappa shape index (κ2) is 12.1. The summed E-state index contributed by atoms with van der Waals surface area (Å²) in [5.41, 5.74) is 1.06. The summed E-state index contributed by atoms with van der Waals surface area (Å²) in [5.74, 6) is 0.807. The number of carbonyl (C=O) groups is 1. The Balaban J connectivity index is 0.00000288. The molecule has 0 bridgehead atoms. The number of esters is 1. The lowest BCUT2D eigenvalue weighted by Crippen LogP contribution is -2.40. The zero-order valence-electron chi connectivity index (χ0n) is 14.4. The van der Waals surface area contributed by atoms with Gasteiger partial charge in [0, 0.05) is 31.7 Å². The van der Waals surface area contributed by atoms with Crippen molar-refractivity contribution in [1.29, 1.82) is 0 Å². The number of guanidine groups is 1. The molecule has 0 aliphatic carbocycles. The third-order valence-corrected chi connectivity index (χ3v) is 3.96. The van der Waals surface area contributed by atoms with Gasteiger partial charge in [-0.2, -0.15) is 0 Å². The maximum absolute atomic E-state index is 11.1. The number of carbonyl (C=O) groups excluding carboxylic acids is 1. The molecule has 0 aromatic heterocycles. The fourth-order valence-corrected chi connectivity index (χ4v) is 2.64. The maximum atomic E-state index is 11.1. The summed E-state index contributed by atoms with van der Waals surface area (Å²) >= 11 is 0. The first-order valence-electron chi connectivity index (χ1n) is 8.48. The van der Waals surface area contributed by atoms with Gasteiger partial charge in [0.15, 0.2) is 5.96 Å². The fraction of sp³-hybridized carbons (Fsp3) is 0.556. The number of hydrogen-bond donors (Lipinski definition) is 1. The van der Waals surface area contributed by atoms with E-state index in [1.807, 2.05) is 18.2 Å². The van der Waals surface area contributed by atoms with E-state index < -0.39 is 0 Å². The van der Waals surface area contributed by atoms with Crippen molar-refractivity contribution >= 4 is 41.6 Å². The highest BCUT2D eigenvalue weighted by Gasteiger charge is 2.14. The van der Waals surface area contributed by atoms with Crippen LogP contribution >= 0.6 is 24.0 Å². The predicted molar refractivity (Wildman–Crippen MR) is 109 cm³/mol. The number of likely N-dealkylation sites (tertiary alicyclic amines) is 1. The van der Waals surface area contributed by atoms with Crippen LogP contribution in [0.5, 0.6) is 0 Å². The molecule has 1 heterocycles. The monoisotopic (exact) mass is 445 g/mol. The number of anilines is 1. The number of benzene rings is 1. The molecule has 1 aromatic rings. The molecule has 0 spiro atoms. The number of halogens is 1. The molecule has 1 N–H and O–H groups in total. The van der Waals surface area contributed by atoms with Crippen LogP contribution in [0.3, 0.4) is 0 Å². The van der Waals surface area contributed by atoms with E-state index in [0.717, 1.165) is 44.1 Å². The molecular weight excluding hydrogens is 417 g/mol. The minimum absolute atomic E-state index is 0. The summed E-state index contributed by atoms with van der Waals surface area (Å²) < 4.78 is 4.66. The molecule has 1 fully saturated rings. The highest BCUT2D eigenvalue weighted by molar-refractivity contribution is 14.0. The molecule has 24 heavy (non-hydrogen) atoms. The predicted octanol–water partition coefficient (Wildman–Crippen LogP) is 3.90. The summed E-state index contributed by atoms with van der Waals surface area (Å²) in [6.07, 6.45) is 5.92. The zero-order chi connectivity index (χ0) is 16.3. The molecule has 1 aromatic carbocycles. The number of nitrogens with one attached hydrogen (secondary N) is 1. The van der Waals surface area contributed by atoms with Crippen LogP contribution in [0.25, 0.3) is 0 Å². The number of unbranched alkanes of at least 4 members (excludes halogenated alkanes) is 1. The van der Waals surface area contributed by atoms with Gasteiger partial charge in [-0.1, -0.05) is 18.2 Å². The van der Waals surface area contributed by atoms with Gasteiger partial charge in [-0.05, 0) is 44.2 Å². The van der Waals surface area contributed by atoms with E-state index in [-0.39, 0.29) is 29.9 Å². The average molecular weight is 445 g/mol. The van der Waals surface area contributed by atoms with E-state index in [4.69, 9.17) is 4.99 Å². The second-order valence-corrected chi connectivity index (χ2v) is 5.78. The summed E-state index contributed by atoms with van der Waals surface area (Å²) in [7, 11) is 1.43. The summed E-state index contributed by atoms with van der Waals surface area (Å²) in [4.78, 5) is 18.2. The molecule has 6 heteroatoms. The van der Waals surface area contributed by atoms with Gasteiger partial charge in [0.2, 0.25) is 0 Å². The first-order valence-corrected chi connectivity index (χ1v) is 8.48. The smallest absolute Gasteiger partial charge is 0.305 e. The molecule has 0 amide bonds. The molecule has 1 aliphatic heterocycles. The van der Waals surface area contributed by atoms with Crippen molar-refractivity contribution in [2.24, 2.45) is 4.99 Å². The fourth-order valence-electron chi connectivity index (χ4n) is 2.64. The average Bonchev–Trinajstić information content (AvgIpc) is 2.62. The van der Waals surface area contributed by atoms with Crippen LogP contribution in [0.2, 0.25) is 0 Å². The minimum Gasteiger partial charge on any atom is -0.469 e. The molecule has 2 rings (SSSR count). The summed E-state index contributed by atoms with van der Waals surface area (Å²) in [6.45, 7) is 2.84. The van der Waals surface area contributed by atoms with Crippen molar-refractivity contribution in [3.8, 4) is 0 Å². The van der Waals surface area contributed by atoms with Crippen LogP contribution in [0.4, 0.5) is 5.69 Å². The Morgan fingerprint density at radius 2 is 1.88 bits per heavy atom. The number of hydrogen-bond acceptors (Lipinski definition) is 3. The highest BCUT2D eigenvalue weighted by atomic mass is 127. The number of rotatable bonds is 6. The van der Waals surface area contributed by atoms with Gasteiger partial charge in [0.05, 0.1) is 7.11 Å². The van der Waals surface area contributed by atoms with Crippen molar-refractivity contribution in [2.45, 2.75) is 38.5 Å². The summed E-state index contributed by atoms with van der Waals surface area (Å²) in [6, 6.07) is 10.2. The summed E-state index contributed by atoms with van der Waals surface area (Å²) in [5, 5.41) is 3.44. The Bertz CT molecular complexity index is 502. The lowest BCUT2D eigenvalue weighted by atomic mass is 10.1. The SMILES string of the molecule is COC(=O)CCCCN=C(Nc1ccccc1)N1CCCCC1.I. The van der Waals surface area contributed by atoms with E-state index in [1.165, 1.54) is 26.4 Å². The van der Waals surface area contributed by atoms with Gasteiger partial charge in [-0.25, -0.2) is 0 Å². The van der Waals surface area contributed by atoms with Gasteiger partial charge < -0.3 is 15.0 Å². The topological polar surface area (TPSA) is 53.9 Å². The second-order valence-electron chi connectivity index (χ2n) is 5.78. The molecule has 0 saturated carbocycles. The van der Waals surface area contributed by atoms with Crippen LogP contribution < -0.4 is 5.32 Å². The van der Waals surface area contributed by atoms with Crippen LogP contribution in [-0.4, -0.2) is 43.6 Å². The van der Waals surface area contributed by atoms with E-state index in [1.54, 1.807) is 0 Å². The number of piperidine rings is 1. The van der Waals surface area contributed by atoms with E-state index in [2.05, 4.69) is 27.1 Å². The Labute approximate surface area is 161 Å². The van der Waals surface area contributed by atoms with Crippen LogP contribution in [0, 0.1) is 0 Å². The van der Waals surface area contributed by atoms with Gasteiger partial charge >= 0.3 is 5.97 Å². The van der Waals surface area contributed by atoms with E-state index >= 15 is 0 Å². The molecular formula is C18H28IN3O2.